The summed E-state index contributed by atoms with van der Waals surface area (Å²) < 4.78 is 74.8. The van der Waals surface area contributed by atoms with Crippen LogP contribution in [0.15, 0.2) is 53.6 Å². The van der Waals surface area contributed by atoms with Crippen LogP contribution in [0.5, 0.6) is 11.5 Å². The van der Waals surface area contributed by atoms with Gasteiger partial charge in [-0.1, -0.05) is 6.92 Å². The number of nitrogens with zero attached hydrogens (tertiary/aromatic N) is 9. The number of anilines is 3. The van der Waals surface area contributed by atoms with E-state index in [-0.39, 0.29) is 70.6 Å². The lowest BCUT2D eigenvalue weighted by molar-refractivity contribution is -0.158. The van der Waals surface area contributed by atoms with Gasteiger partial charge in [0.15, 0.2) is 17.4 Å². The average Bonchev–Trinajstić information content (AvgIpc) is 3.79. The van der Waals surface area contributed by atoms with E-state index in [1.807, 2.05) is 6.07 Å². The summed E-state index contributed by atoms with van der Waals surface area (Å²) in [6.07, 6.45) is 4.24. The smallest absolute Gasteiger partial charge is 0.329 e. The van der Waals surface area contributed by atoms with Crippen molar-refractivity contribution >= 4 is 61.1 Å². The first-order valence-corrected chi connectivity index (χ1v) is 22.1. The summed E-state index contributed by atoms with van der Waals surface area (Å²) in [6, 6.07) is 11.2. The Hall–Kier alpha value is -6.21. The van der Waals surface area contributed by atoms with Crippen LogP contribution in [0.3, 0.4) is 0 Å². The van der Waals surface area contributed by atoms with Gasteiger partial charge in [-0.15, -0.1) is 0 Å². The molecule has 0 radical (unpaired) electrons. The second-order valence-electron chi connectivity index (χ2n) is 17.4. The molecule has 328 valence electrons. The molecule has 4 aliphatic heterocycles. The zero-order valence-electron chi connectivity index (χ0n) is 34.6. The van der Waals surface area contributed by atoms with E-state index < -0.39 is 33.4 Å². The summed E-state index contributed by atoms with van der Waals surface area (Å²) in [4.78, 5) is 48.4. The van der Waals surface area contributed by atoms with Gasteiger partial charge in [0.1, 0.15) is 23.2 Å². The van der Waals surface area contributed by atoms with Gasteiger partial charge in [-0.25, -0.2) is 18.6 Å². The maximum absolute atomic E-state index is 15.6. The normalized spacial score (nSPS) is 20.9. The van der Waals surface area contributed by atoms with Gasteiger partial charge >= 0.3 is 16.2 Å². The Balaban J connectivity index is 0.767. The highest BCUT2D eigenvalue weighted by atomic mass is 32.2. The minimum Gasteiger partial charge on any atom is -0.453 e. The summed E-state index contributed by atoms with van der Waals surface area (Å²) in [5.74, 6) is -1.76. The number of hydrogen-bond donors (Lipinski definition) is 2. The fourth-order valence-corrected chi connectivity index (χ4v) is 10.8. The van der Waals surface area contributed by atoms with Crippen LogP contribution in [0, 0.1) is 28.4 Å². The third-order valence-electron chi connectivity index (χ3n) is 13.3. The molecule has 21 heteroatoms. The second-order valence-corrected chi connectivity index (χ2v) is 19.1. The van der Waals surface area contributed by atoms with Crippen LogP contribution in [0.25, 0.3) is 21.8 Å². The van der Waals surface area contributed by atoms with Crippen molar-refractivity contribution in [2.75, 3.05) is 67.4 Å². The van der Waals surface area contributed by atoms with E-state index in [1.165, 1.54) is 36.5 Å². The van der Waals surface area contributed by atoms with Crippen LogP contribution in [0.2, 0.25) is 0 Å². The fourth-order valence-electron chi connectivity index (χ4n) is 9.81. The fraction of sp³-hybridized carbons (Fsp3) is 0.429. The monoisotopic (exact) mass is 883 g/mol. The molecule has 5 aromatic rings. The van der Waals surface area contributed by atoms with Crippen molar-refractivity contribution in [2.24, 2.45) is 12.5 Å². The first-order chi connectivity index (χ1) is 30.1. The third-order valence-corrected chi connectivity index (χ3v) is 14.9. The highest BCUT2D eigenvalue weighted by molar-refractivity contribution is 7.90. The number of aryl methyl sites for hydroxylation is 1. The lowest BCUT2D eigenvalue weighted by Crippen LogP contribution is -2.72. The Morgan fingerprint density at radius 3 is 2.54 bits per heavy atom. The van der Waals surface area contributed by atoms with E-state index in [1.54, 1.807) is 35.4 Å². The van der Waals surface area contributed by atoms with E-state index in [9.17, 15) is 28.1 Å². The third kappa shape index (κ3) is 6.83. The van der Waals surface area contributed by atoms with Crippen LogP contribution in [0.1, 0.15) is 44.2 Å². The van der Waals surface area contributed by atoms with Crippen LogP contribution < -0.4 is 30.1 Å². The molecule has 2 aromatic heterocycles. The zero-order chi connectivity index (χ0) is 44.2. The quantitative estimate of drug-likeness (QED) is 0.205. The van der Waals surface area contributed by atoms with E-state index in [2.05, 4.69) is 29.9 Å². The number of urea groups is 1. The molecular weight excluding hydrogens is 841 g/mol. The first-order valence-electron chi connectivity index (χ1n) is 20.6. The number of benzene rings is 3. The molecule has 0 bridgehead atoms. The van der Waals surface area contributed by atoms with E-state index >= 15 is 8.78 Å². The zero-order valence-corrected chi connectivity index (χ0v) is 35.4. The van der Waals surface area contributed by atoms with Gasteiger partial charge in [-0.2, -0.15) is 23.1 Å². The van der Waals surface area contributed by atoms with Gasteiger partial charge in [0.25, 0.3) is 5.56 Å². The molecule has 2 spiro atoms. The number of amides is 3. The lowest BCUT2D eigenvalue weighted by atomic mass is 9.59. The van der Waals surface area contributed by atoms with Crippen LogP contribution in [0.4, 0.5) is 30.8 Å². The van der Waals surface area contributed by atoms with Crippen molar-refractivity contribution in [3.05, 3.63) is 76.3 Å². The number of nitrogens with one attached hydrogen (secondary N) is 2. The number of halogens is 2. The average molecular weight is 884 g/mol. The van der Waals surface area contributed by atoms with Gasteiger partial charge in [-0.05, 0) is 55.3 Å². The molecule has 18 nitrogen and oxygen atoms in total. The number of imide groups is 1. The van der Waals surface area contributed by atoms with Crippen molar-refractivity contribution in [3.8, 4) is 17.6 Å². The molecule has 10 rings (SSSR count). The highest BCUT2D eigenvalue weighted by Gasteiger charge is 2.59. The predicted octanol–water partition coefficient (Wildman–Crippen LogP) is 3.96. The SMILES string of the molecule is CCN(C)S(=O)(=O)Nc1ccc(F)c(Oc2ccc3ncn([C@@H]4COC5(C4)CN(C4CC6(C4)CN(c4cc7c(cc4F)c(N4CCC(=O)NC4=O)nn7C)C6)C5)c(=O)c3c2)c1C#N. The van der Waals surface area contributed by atoms with Crippen molar-refractivity contribution in [1.29, 1.82) is 5.26 Å². The summed E-state index contributed by atoms with van der Waals surface area (Å²) in [5, 5.41) is 17.4. The summed E-state index contributed by atoms with van der Waals surface area (Å²) in [6.45, 7) is 5.23. The van der Waals surface area contributed by atoms with E-state index in [0.717, 1.165) is 55.5 Å². The van der Waals surface area contributed by atoms with E-state index in [4.69, 9.17) is 9.47 Å². The maximum Gasteiger partial charge on any atom is 0.329 e. The Labute approximate surface area is 359 Å². The Morgan fingerprint density at radius 1 is 1.03 bits per heavy atom. The van der Waals surface area contributed by atoms with Gasteiger partial charge in [0, 0.05) is 83.0 Å². The standard InChI is InChI=1S/C42H43F2N11O7S/c1-4-50(2)63(59,60)49-33-8-6-30(43)37(29(33)17-45)62-26-5-7-32-27(11-26)39(57)55(23-46-32)25-16-42(61-18-25)21-52(22-42)24-14-41(15-24)19-53(20-41)35-13-34-28(12-31(35)44)38(48-51(34)3)54-10-9-36(56)47-40(54)58/h5-8,11-13,23-25,49H,4,9-10,14-16,18-22H2,1-3H3,(H,47,56,58)/t25-/m0/s1. The number of rotatable bonds is 10. The molecule has 1 atom stereocenters. The largest absolute Gasteiger partial charge is 0.453 e. The second kappa shape index (κ2) is 14.7. The molecule has 4 saturated heterocycles. The van der Waals surface area contributed by atoms with Crippen molar-refractivity contribution in [1.82, 2.24) is 33.9 Å². The number of likely N-dealkylation sites (tertiary alicyclic amines) is 1. The Morgan fingerprint density at radius 2 is 1.81 bits per heavy atom. The Bertz CT molecular complexity index is 2970. The van der Waals surface area contributed by atoms with Crippen molar-refractivity contribution in [2.45, 2.75) is 50.3 Å². The maximum atomic E-state index is 15.6. The van der Waals surface area contributed by atoms with Gasteiger partial charge < -0.3 is 14.4 Å². The Kier molecular flexibility index (Phi) is 9.52. The number of ether oxygens (including phenoxy) is 2. The molecule has 1 saturated carbocycles. The van der Waals surface area contributed by atoms with Crippen LogP contribution in [-0.2, 0) is 26.8 Å². The molecule has 3 aromatic carbocycles. The number of aromatic nitrogens is 4. The molecule has 2 N–H and O–H groups in total. The van der Waals surface area contributed by atoms with Gasteiger partial charge in [0.2, 0.25) is 5.91 Å². The van der Waals surface area contributed by atoms with Gasteiger partial charge in [-0.3, -0.25) is 38.7 Å². The molecule has 6 heterocycles. The number of nitriles is 1. The van der Waals surface area contributed by atoms with Crippen molar-refractivity contribution < 1.29 is 36.3 Å². The lowest BCUT2D eigenvalue weighted by Gasteiger charge is -2.64. The summed E-state index contributed by atoms with van der Waals surface area (Å²) >= 11 is 0. The summed E-state index contributed by atoms with van der Waals surface area (Å²) in [5.41, 5.74) is 0.427. The molecule has 5 aliphatic rings. The molecule has 63 heavy (non-hydrogen) atoms. The predicted molar refractivity (Wildman–Crippen MR) is 226 cm³/mol. The molecular formula is C42H43F2N11O7S. The first kappa shape index (κ1) is 40.8. The molecule has 5 fully saturated rings. The number of hydrogen-bond acceptors (Lipinski definition) is 12. The van der Waals surface area contributed by atoms with Crippen LogP contribution in [-0.4, -0.2) is 113 Å². The van der Waals surface area contributed by atoms with E-state index in [0.29, 0.717) is 47.0 Å². The topological polar surface area (TPSA) is 200 Å². The molecule has 1 aliphatic carbocycles. The minimum atomic E-state index is -4.02. The number of fused-ring (bicyclic) bond motifs is 2. The van der Waals surface area contributed by atoms with Crippen molar-refractivity contribution in [3.63, 3.8) is 0 Å². The summed E-state index contributed by atoms with van der Waals surface area (Å²) in [7, 11) is -0.913. The number of carbonyl (C=O) groups is 2. The highest BCUT2D eigenvalue weighted by Crippen LogP contribution is 2.54. The minimum absolute atomic E-state index is 0.0560. The van der Waals surface area contributed by atoms with Crippen LogP contribution >= 0.6 is 0 Å². The molecule has 0 unspecified atom stereocenters. The van der Waals surface area contributed by atoms with Gasteiger partial charge in [0.05, 0.1) is 52.4 Å². The number of carbonyl (C=O) groups excluding carboxylic acids is 2. The molecule has 3 amide bonds.